The molecule has 0 aliphatic rings. The predicted octanol–water partition coefficient (Wildman–Crippen LogP) is 1.83. The molecule has 3 N–H and O–H groups in total. The number of nitrogen functional groups attached to an aromatic ring is 1. The molecule has 0 spiro atoms. The summed E-state index contributed by atoms with van der Waals surface area (Å²) < 4.78 is 10.9. The number of nitrogens with zero attached hydrogens (tertiary/aromatic N) is 2. The second-order valence-corrected chi connectivity index (χ2v) is 3.96. The average molecular weight is 270 g/mol. The first-order chi connectivity index (χ1) is 9.76. The number of methoxy groups -OCH3 is 1. The average Bonchev–Trinajstić information content (AvgIpc) is 2.52. The predicted molar refractivity (Wildman–Crippen MR) is 74.1 cm³/mol. The molecule has 1 aromatic carbocycles. The Morgan fingerprint density at radius 1 is 1.30 bits per heavy atom. The van der Waals surface area contributed by atoms with E-state index in [0.29, 0.717) is 29.5 Å². The standard InChI is InChI=1S/C14H14N4O2/c1-19-13-6-10(8-15)2-3-12(13)20-9-11-4-5-17-14(7-11)18-16/h2-7H,9,16H2,1H3,(H,17,18). The lowest BCUT2D eigenvalue weighted by molar-refractivity contribution is 0.284. The summed E-state index contributed by atoms with van der Waals surface area (Å²) in [4.78, 5) is 4.02. The van der Waals surface area contributed by atoms with Gasteiger partial charge in [-0.05, 0) is 29.8 Å². The Hall–Kier alpha value is -2.78. The third-order valence-electron chi connectivity index (χ3n) is 2.66. The number of nitrogens with two attached hydrogens (primary N) is 1. The van der Waals surface area contributed by atoms with E-state index in [4.69, 9.17) is 20.6 Å². The highest BCUT2D eigenvalue weighted by atomic mass is 16.5. The number of nitriles is 1. The Bertz CT molecular complexity index is 637. The quantitative estimate of drug-likeness (QED) is 0.636. The van der Waals surface area contributed by atoms with Gasteiger partial charge in [-0.2, -0.15) is 5.26 Å². The number of nitrogens with one attached hydrogen (secondary N) is 1. The molecule has 6 nitrogen and oxygen atoms in total. The van der Waals surface area contributed by atoms with Crippen molar-refractivity contribution in [2.24, 2.45) is 5.84 Å². The maximum Gasteiger partial charge on any atom is 0.162 e. The normalized spacial score (nSPS) is 9.65. The molecule has 6 heteroatoms. The zero-order valence-corrected chi connectivity index (χ0v) is 11.0. The van der Waals surface area contributed by atoms with Crippen molar-refractivity contribution in [3.8, 4) is 17.6 Å². The molecule has 2 aromatic rings. The Morgan fingerprint density at radius 3 is 2.85 bits per heavy atom. The first-order valence-electron chi connectivity index (χ1n) is 5.89. The molecule has 102 valence electrons. The molecular formula is C14H14N4O2. The van der Waals surface area contributed by atoms with Crippen LogP contribution in [-0.2, 0) is 6.61 Å². The van der Waals surface area contributed by atoms with E-state index in [0.717, 1.165) is 5.56 Å². The Balaban J connectivity index is 2.12. The van der Waals surface area contributed by atoms with Crippen LogP contribution in [0.4, 0.5) is 5.82 Å². The van der Waals surface area contributed by atoms with E-state index in [9.17, 15) is 0 Å². The van der Waals surface area contributed by atoms with Gasteiger partial charge in [-0.15, -0.1) is 0 Å². The summed E-state index contributed by atoms with van der Waals surface area (Å²) in [6.07, 6.45) is 1.64. The van der Waals surface area contributed by atoms with Crippen LogP contribution in [0.1, 0.15) is 11.1 Å². The topological polar surface area (TPSA) is 93.2 Å². The van der Waals surface area contributed by atoms with Crippen LogP contribution in [-0.4, -0.2) is 12.1 Å². The van der Waals surface area contributed by atoms with Gasteiger partial charge in [0, 0.05) is 12.3 Å². The summed E-state index contributed by atoms with van der Waals surface area (Å²) in [5, 5.41) is 8.84. The molecule has 20 heavy (non-hydrogen) atoms. The minimum Gasteiger partial charge on any atom is -0.493 e. The number of aromatic nitrogens is 1. The molecule has 0 fully saturated rings. The van der Waals surface area contributed by atoms with Crippen LogP contribution in [0.5, 0.6) is 11.5 Å². The zero-order chi connectivity index (χ0) is 14.4. The van der Waals surface area contributed by atoms with Crippen molar-refractivity contribution in [2.45, 2.75) is 6.61 Å². The second-order valence-electron chi connectivity index (χ2n) is 3.96. The molecule has 0 aliphatic carbocycles. The smallest absolute Gasteiger partial charge is 0.162 e. The fourth-order valence-corrected chi connectivity index (χ4v) is 1.66. The molecule has 0 bridgehead atoms. The molecule has 0 saturated carbocycles. The van der Waals surface area contributed by atoms with Crippen molar-refractivity contribution >= 4 is 5.82 Å². The third-order valence-corrected chi connectivity index (χ3v) is 2.66. The molecule has 0 saturated heterocycles. The molecule has 1 heterocycles. The van der Waals surface area contributed by atoms with Crippen molar-refractivity contribution in [1.29, 1.82) is 5.26 Å². The lowest BCUT2D eigenvalue weighted by Gasteiger charge is -2.11. The molecule has 1 aromatic heterocycles. The number of anilines is 1. The Labute approximate surface area is 116 Å². The Morgan fingerprint density at radius 2 is 2.15 bits per heavy atom. The van der Waals surface area contributed by atoms with Gasteiger partial charge in [-0.1, -0.05) is 0 Å². The fourth-order valence-electron chi connectivity index (χ4n) is 1.66. The summed E-state index contributed by atoms with van der Waals surface area (Å²) in [5.74, 6) is 6.97. The van der Waals surface area contributed by atoms with E-state index < -0.39 is 0 Å². The highest BCUT2D eigenvalue weighted by Gasteiger charge is 2.06. The fraction of sp³-hybridized carbons (Fsp3) is 0.143. The lowest BCUT2D eigenvalue weighted by Crippen LogP contribution is -2.09. The van der Waals surface area contributed by atoms with E-state index in [1.807, 2.05) is 6.07 Å². The highest BCUT2D eigenvalue weighted by Crippen LogP contribution is 2.28. The minimum absolute atomic E-state index is 0.347. The number of hydrogen-bond acceptors (Lipinski definition) is 6. The van der Waals surface area contributed by atoms with Crippen molar-refractivity contribution in [2.75, 3.05) is 12.5 Å². The summed E-state index contributed by atoms with van der Waals surface area (Å²) in [5.41, 5.74) is 3.91. The van der Waals surface area contributed by atoms with Gasteiger partial charge in [-0.25, -0.2) is 10.8 Å². The molecule has 0 radical (unpaired) electrons. The van der Waals surface area contributed by atoms with Gasteiger partial charge in [0.1, 0.15) is 12.4 Å². The second kappa shape index (κ2) is 6.41. The summed E-state index contributed by atoms with van der Waals surface area (Å²) >= 11 is 0. The van der Waals surface area contributed by atoms with Gasteiger partial charge < -0.3 is 14.9 Å². The van der Waals surface area contributed by atoms with Crippen LogP contribution in [0.2, 0.25) is 0 Å². The van der Waals surface area contributed by atoms with Crippen LogP contribution in [0, 0.1) is 11.3 Å². The van der Waals surface area contributed by atoms with E-state index >= 15 is 0 Å². The minimum atomic E-state index is 0.347. The largest absolute Gasteiger partial charge is 0.493 e. The molecule has 0 aliphatic heterocycles. The molecular weight excluding hydrogens is 256 g/mol. The van der Waals surface area contributed by atoms with Gasteiger partial charge >= 0.3 is 0 Å². The molecule has 0 unspecified atom stereocenters. The van der Waals surface area contributed by atoms with E-state index in [2.05, 4.69) is 16.5 Å². The van der Waals surface area contributed by atoms with E-state index in [1.54, 1.807) is 30.5 Å². The lowest BCUT2D eigenvalue weighted by atomic mass is 10.2. The molecule has 0 atom stereocenters. The van der Waals surface area contributed by atoms with Crippen LogP contribution in [0.15, 0.2) is 36.5 Å². The van der Waals surface area contributed by atoms with E-state index in [-0.39, 0.29) is 0 Å². The van der Waals surface area contributed by atoms with Gasteiger partial charge in [0.2, 0.25) is 0 Å². The van der Waals surface area contributed by atoms with Crippen molar-refractivity contribution < 1.29 is 9.47 Å². The molecule has 2 rings (SSSR count). The van der Waals surface area contributed by atoms with Crippen LogP contribution < -0.4 is 20.7 Å². The van der Waals surface area contributed by atoms with Gasteiger partial charge in [0.15, 0.2) is 11.5 Å². The summed E-state index contributed by atoms with van der Waals surface area (Å²) in [6.45, 7) is 0.347. The number of hydrogen-bond donors (Lipinski definition) is 2. The number of pyridine rings is 1. The maximum absolute atomic E-state index is 8.84. The first kappa shape index (κ1) is 13.6. The van der Waals surface area contributed by atoms with Gasteiger partial charge in [-0.3, -0.25) is 0 Å². The highest BCUT2D eigenvalue weighted by molar-refractivity contribution is 5.47. The monoisotopic (exact) mass is 270 g/mol. The third kappa shape index (κ3) is 3.16. The van der Waals surface area contributed by atoms with Crippen molar-refractivity contribution in [1.82, 2.24) is 4.98 Å². The maximum atomic E-state index is 8.84. The zero-order valence-electron chi connectivity index (χ0n) is 11.0. The van der Waals surface area contributed by atoms with E-state index in [1.165, 1.54) is 7.11 Å². The van der Waals surface area contributed by atoms with Crippen LogP contribution in [0.25, 0.3) is 0 Å². The number of benzene rings is 1. The van der Waals surface area contributed by atoms with Gasteiger partial charge in [0.25, 0.3) is 0 Å². The van der Waals surface area contributed by atoms with Gasteiger partial charge in [0.05, 0.1) is 18.7 Å². The van der Waals surface area contributed by atoms with Crippen molar-refractivity contribution in [3.63, 3.8) is 0 Å². The number of hydrazine groups is 1. The summed E-state index contributed by atoms with van der Waals surface area (Å²) in [7, 11) is 1.53. The van der Waals surface area contributed by atoms with Crippen LogP contribution >= 0.6 is 0 Å². The van der Waals surface area contributed by atoms with Crippen LogP contribution in [0.3, 0.4) is 0 Å². The number of ether oxygens (including phenoxy) is 2. The Kier molecular flexibility index (Phi) is 4.37. The van der Waals surface area contributed by atoms with Crippen molar-refractivity contribution in [3.05, 3.63) is 47.7 Å². The first-order valence-corrected chi connectivity index (χ1v) is 5.89. The SMILES string of the molecule is COc1cc(C#N)ccc1OCc1ccnc(NN)c1. The molecule has 0 amide bonds. The number of rotatable bonds is 5. The summed E-state index contributed by atoms with van der Waals surface area (Å²) in [6, 6.07) is 10.7.